The number of aliphatic hydroxyl groups excluding tert-OH is 1. The van der Waals surface area contributed by atoms with Gasteiger partial charge < -0.3 is 15.2 Å². The van der Waals surface area contributed by atoms with Crippen molar-refractivity contribution in [3.63, 3.8) is 0 Å². The van der Waals surface area contributed by atoms with Gasteiger partial charge in [0.2, 0.25) is 0 Å². The van der Waals surface area contributed by atoms with Crippen molar-refractivity contribution >= 4 is 5.91 Å². The third-order valence-electron chi connectivity index (χ3n) is 4.49. The Morgan fingerprint density at radius 3 is 2.50 bits per heavy atom. The van der Waals surface area contributed by atoms with Gasteiger partial charge in [0.15, 0.2) is 6.10 Å². The van der Waals surface area contributed by atoms with E-state index >= 15 is 0 Å². The lowest BCUT2D eigenvalue weighted by Gasteiger charge is -2.21. The lowest BCUT2D eigenvalue weighted by molar-refractivity contribution is -0.130. The van der Waals surface area contributed by atoms with Crippen LogP contribution in [0.3, 0.4) is 0 Å². The molecule has 2 N–H and O–H groups in total. The SMILES string of the molecule is COc1cccc(C(O)C(=O)NC(c2ccc(C)cc2)C2CC2)c1. The van der Waals surface area contributed by atoms with E-state index in [4.69, 9.17) is 4.74 Å². The molecule has 1 amide bonds. The molecule has 0 radical (unpaired) electrons. The van der Waals surface area contributed by atoms with Crippen LogP contribution in [0.15, 0.2) is 48.5 Å². The Morgan fingerprint density at radius 1 is 1.17 bits per heavy atom. The van der Waals surface area contributed by atoms with E-state index in [0.717, 1.165) is 18.4 Å². The summed E-state index contributed by atoms with van der Waals surface area (Å²) in [6.45, 7) is 2.04. The summed E-state index contributed by atoms with van der Waals surface area (Å²) in [6.07, 6.45) is 1.01. The average Bonchev–Trinajstić information content (AvgIpc) is 3.44. The molecule has 126 valence electrons. The first-order chi connectivity index (χ1) is 11.6. The molecule has 2 atom stereocenters. The van der Waals surface area contributed by atoms with Crippen LogP contribution in [0.2, 0.25) is 0 Å². The molecule has 0 spiro atoms. The summed E-state index contributed by atoms with van der Waals surface area (Å²) in [5.74, 6) is 0.700. The van der Waals surface area contributed by atoms with Crippen LogP contribution in [-0.4, -0.2) is 18.1 Å². The molecule has 4 nitrogen and oxygen atoms in total. The van der Waals surface area contributed by atoms with Crippen LogP contribution in [0.25, 0.3) is 0 Å². The molecule has 2 unspecified atom stereocenters. The van der Waals surface area contributed by atoms with Gasteiger partial charge in [0.05, 0.1) is 13.2 Å². The number of benzene rings is 2. The summed E-state index contributed by atoms with van der Waals surface area (Å²) in [6, 6.07) is 15.1. The van der Waals surface area contributed by atoms with Gasteiger partial charge in [-0.25, -0.2) is 0 Å². The molecule has 0 saturated heterocycles. The standard InChI is InChI=1S/C20H23NO3/c1-13-6-8-14(9-7-13)18(15-10-11-15)21-20(23)19(22)16-4-3-5-17(12-16)24-2/h3-9,12,15,18-19,22H,10-11H2,1-2H3,(H,21,23). The van der Waals surface area contributed by atoms with E-state index in [-0.39, 0.29) is 11.9 Å². The fourth-order valence-electron chi connectivity index (χ4n) is 2.87. The third-order valence-corrected chi connectivity index (χ3v) is 4.49. The van der Waals surface area contributed by atoms with Crippen LogP contribution in [0, 0.1) is 12.8 Å². The van der Waals surface area contributed by atoms with Crippen molar-refractivity contribution in [2.75, 3.05) is 7.11 Å². The molecule has 1 fully saturated rings. The smallest absolute Gasteiger partial charge is 0.253 e. The number of carbonyl (C=O) groups is 1. The molecule has 2 aromatic carbocycles. The zero-order valence-corrected chi connectivity index (χ0v) is 14.0. The number of hydrogen-bond donors (Lipinski definition) is 2. The van der Waals surface area contributed by atoms with Crippen LogP contribution in [0.4, 0.5) is 0 Å². The number of nitrogens with one attached hydrogen (secondary N) is 1. The van der Waals surface area contributed by atoms with Gasteiger partial charge in [0.1, 0.15) is 5.75 Å². The predicted molar refractivity (Wildman–Crippen MR) is 92.7 cm³/mol. The number of rotatable bonds is 6. The second-order valence-electron chi connectivity index (χ2n) is 6.41. The molecule has 3 rings (SSSR count). The second kappa shape index (κ2) is 7.05. The number of aliphatic hydroxyl groups is 1. The van der Waals surface area contributed by atoms with Crippen molar-refractivity contribution in [3.05, 3.63) is 65.2 Å². The van der Waals surface area contributed by atoms with Gasteiger partial charge in [-0.05, 0) is 48.9 Å². The maximum absolute atomic E-state index is 12.5. The van der Waals surface area contributed by atoms with Crippen LogP contribution < -0.4 is 10.1 Å². The Morgan fingerprint density at radius 2 is 1.88 bits per heavy atom. The van der Waals surface area contributed by atoms with Crippen LogP contribution in [0.1, 0.15) is 41.7 Å². The normalized spacial score (nSPS) is 16.3. The van der Waals surface area contributed by atoms with Crippen molar-refractivity contribution in [3.8, 4) is 5.75 Å². The van der Waals surface area contributed by atoms with Crippen molar-refractivity contribution in [1.29, 1.82) is 0 Å². The maximum Gasteiger partial charge on any atom is 0.253 e. The fourth-order valence-corrected chi connectivity index (χ4v) is 2.87. The van der Waals surface area contributed by atoms with E-state index < -0.39 is 6.10 Å². The number of amides is 1. The number of hydrogen-bond acceptors (Lipinski definition) is 3. The highest BCUT2D eigenvalue weighted by atomic mass is 16.5. The molecular weight excluding hydrogens is 302 g/mol. The van der Waals surface area contributed by atoms with E-state index in [9.17, 15) is 9.90 Å². The van der Waals surface area contributed by atoms with Gasteiger partial charge >= 0.3 is 0 Å². The molecule has 1 aliphatic carbocycles. The van der Waals surface area contributed by atoms with Gasteiger partial charge in [0.25, 0.3) is 5.91 Å². The van der Waals surface area contributed by atoms with E-state index in [2.05, 4.69) is 29.6 Å². The first-order valence-corrected chi connectivity index (χ1v) is 8.27. The highest BCUT2D eigenvalue weighted by Gasteiger charge is 2.34. The molecule has 1 saturated carbocycles. The summed E-state index contributed by atoms with van der Waals surface area (Å²) in [5.41, 5.74) is 2.82. The Hall–Kier alpha value is -2.33. The molecule has 0 aromatic heterocycles. The molecule has 4 heteroatoms. The molecular formula is C20H23NO3. The van der Waals surface area contributed by atoms with Gasteiger partial charge in [-0.15, -0.1) is 0 Å². The van der Waals surface area contributed by atoms with Crippen LogP contribution >= 0.6 is 0 Å². The summed E-state index contributed by atoms with van der Waals surface area (Å²) in [5, 5.41) is 13.4. The van der Waals surface area contributed by atoms with Crippen molar-refractivity contribution in [2.24, 2.45) is 5.92 Å². The third kappa shape index (κ3) is 3.77. The van der Waals surface area contributed by atoms with Crippen molar-refractivity contribution < 1.29 is 14.6 Å². The minimum Gasteiger partial charge on any atom is -0.497 e. The number of aryl methyl sites for hydroxylation is 1. The Bertz CT molecular complexity index is 707. The monoisotopic (exact) mass is 325 g/mol. The highest BCUT2D eigenvalue weighted by molar-refractivity contribution is 5.82. The van der Waals surface area contributed by atoms with Crippen LogP contribution in [-0.2, 0) is 4.79 Å². The zero-order chi connectivity index (χ0) is 17.1. The molecule has 24 heavy (non-hydrogen) atoms. The summed E-state index contributed by atoms with van der Waals surface area (Å²) in [7, 11) is 1.56. The molecule has 0 bridgehead atoms. The number of carbonyl (C=O) groups excluding carboxylic acids is 1. The van der Waals surface area contributed by atoms with Gasteiger partial charge in [-0.3, -0.25) is 4.79 Å². The van der Waals surface area contributed by atoms with E-state index in [1.54, 1.807) is 31.4 Å². The topological polar surface area (TPSA) is 58.6 Å². The zero-order valence-electron chi connectivity index (χ0n) is 14.0. The summed E-state index contributed by atoms with van der Waals surface area (Å²) < 4.78 is 5.15. The minimum absolute atomic E-state index is 0.0432. The first-order valence-electron chi connectivity index (χ1n) is 8.27. The minimum atomic E-state index is -1.20. The number of ether oxygens (including phenoxy) is 1. The highest BCUT2D eigenvalue weighted by Crippen LogP contribution is 2.41. The average molecular weight is 325 g/mol. The first kappa shape index (κ1) is 16.5. The van der Waals surface area contributed by atoms with Gasteiger partial charge in [-0.2, -0.15) is 0 Å². The molecule has 1 aliphatic rings. The number of methoxy groups -OCH3 is 1. The fraction of sp³-hybridized carbons (Fsp3) is 0.350. The second-order valence-corrected chi connectivity index (χ2v) is 6.41. The Balaban J connectivity index is 1.74. The van der Waals surface area contributed by atoms with Gasteiger partial charge in [-0.1, -0.05) is 42.0 Å². The maximum atomic E-state index is 12.5. The van der Waals surface area contributed by atoms with E-state index in [1.807, 2.05) is 6.92 Å². The van der Waals surface area contributed by atoms with Gasteiger partial charge in [0, 0.05) is 0 Å². The molecule has 0 heterocycles. The molecule has 2 aromatic rings. The molecule has 0 aliphatic heterocycles. The quantitative estimate of drug-likeness (QED) is 0.857. The Labute approximate surface area is 142 Å². The van der Waals surface area contributed by atoms with Crippen molar-refractivity contribution in [1.82, 2.24) is 5.32 Å². The van der Waals surface area contributed by atoms with Crippen molar-refractivity contribution in [2.45, 2.75) is 31.9 Å². The Kier molecular flexibility index (Phi) is 4.86. The summed E-state index contributed by atoms with van der Waals surface area (Å²) in [4.78, 5) is 12.5. The predicted octanol–water partition coefficient (Wildman–Crippen LogP) is 3.30. The largest absolute Gasteiger partial charge is 0.497 e. The summed E-state index contributed by atoms with van der Waals surface area (Å²) >= 11 is 0. The van der Waals surface area contributed by atoms with E-state index in [0.29, 0.717) is 17.2 Å². The van der Waals surface area contributed by atoms with E-state index in [1.165, 1.54) is 5.56 Å². The van der Waals surface area contributed by atoms with Crippen LogP contribution in [0.5, 0.6) is 5.75 Å². The lowest BCUT2D eigenvalue weighted by atomic mass is 10.00. The lowest BCUT2D eigenvalue weighted by Crippen LogP contribution is -2.34.